The quantitative estimate of drug-likeness (QED) is 0.607. The van der Waals surface area contributed by atoms with Crippen molar-refractivity contribution in [1.82, 2.24) is 0 Å². The van der Waals surface area contributed by atoms with Gasteiger partial charge in [0.25, 0.3) is 5.41 Å². The second kappa shape index (κ2) is 4.11. The summed E-state index contributed by atoms with van der Waals surface area (Å²) in [5, 5.41) is 27.0. The Morgan fingerprint density at radius 2 is 1.12 bits per heavy atom. The first kappa shape index (κ1) is 14.4. The lowest BCUT2D eigenvalue weighted by Gasteiger charge is -2.39. The van der Waals surface area contributed by atoms with Gasteiger partial charge in [0.2, 0.25) is 0 Å². The van der Waals surface area contributed by atoms with Crippen LogP contribution < -0.4 is 0 Å². The summed E-state index contributed by atoms with van der Waals surface area (Å²) in [5.41, 5.74) is -4.25. The van der Waals surface area contributed by atoms with Crippen molar-refractivity contribution in [2.75, 3.05) is 0 Å². The van der Waals surface area contributed by atoms with Gasteiger partial charge in [-0.05, 0) is 5.92 Å². The number of carboxylic acids is 3. The predicted molar refractivity (Wildman–Crippen MR) is 54.0 cm³/mol. The van der Waals surface area contributed by atoms with Gasteiger partial charge in [-0.15, -0.1) is 0 Å². The molecular weight excluding hydrogens is 216 g/mol. The van der Waals surface area contributed by atoms with Crippen molar-refractivity contribution in [3.8, 4) is 0 Å². The first-order valence-electron chi connectivity index (χ1n) is 4.73. The Balaban J connectivity index is 6.03. The molecule has 0 saturated heterocycles. The molecule has 6 heteroatoms. The van der Waals surface area contributed by atoms with E-state index in [1.54, 1.807) is 13.8 Å². The minimum absolute atomic E-state index is 0.421. The summed E-state index contributed by atoms with van der Waals surface area (Å²) < 4.78 is 0. The molecule has 0 aliphatic rings. The van der Waals surface area contributed by atoms with E-state index in [2.05, 4.69) is 0 Å². The van der Waals surface area contributed by atoms with Crippen LogP contribution in [0, 0.1) is 16.7 Å². The van der Waals surface area contributed by atoms with Gasteiger partial charge < -0.3 is 15.3 Å². The molecule has 0 saturated carbocycles. The standard InChI is InChI=1S/C10H16O6/c1-5(2)9(3,4)10(6(11)12,7(13)14)8(15)16/h5H,1-4H3,(H,11,12)(H,13,14)(H,15,16). The van der Waals surface area contributed by atoms with Crippen LogP contribution in [0.2, 0.25) is 0 Å². The highest BCUT2D eigenvalue weighted by molar-refractivity contribution is 6.17. The summed E-state index contributed by atoms with van der Waals surface area (Å²) >= 11 is 0. The van der Waals surface area contributed by atoms with Crippen molar-refractivity contribution >= 4 is 17.9 Å². The molecule has 0 aliphatic carbocycles. The highest BCUT2D eigenvalue weighted by Crippen LogP contribution is 2.45. The third-order valence-corrected chi connectivity index (χ3v) is 3.37. The first-order chi connectivity index (χ1) is 7.02. The Morgan fingerprint density at radius 1 is 0.875 bits per heavy atom. The van der Waals surface area contributed by atoms with Crippen LogP contribution in [-0.2, 0) is 14.4 Å². The maximum Gasteiger partial charge on any atom is 0.333 e. The van der Waals surface area contributed by atoms with E-state index in [0.717, 1.165) is 0 Å². The molecule has 0 spiro atoms. The predicted octanol–water partition coefficient (Wildman–Crippen LogP) is 0.909. The largest absolute Gasteiger partial charge is 0.480 e. The third-order valence-electron chi connectivity index (χ3n) is 3.37. The Labute approximate surface area is 92.9 Å². The van der Waals surface area contributed by atoms with Crippen LogP contribution in [-0.4, -0.2) is 33.2 Å². The zero-order valence-corrected chi connectivity index (χ0v) is 9.64. The van der Waals surface area contributed by atoms with Crippen LogP contribution in [0.4, 0.5) is 0 Å². The van der Waals surface area contributed by atoms with Gasteiger partial charge in [0.15, 0.2) is 0 Å². The molecule has 0 aromatic carbocycles. The lowest BCUT2D eigenvalue weighted by Crippen LogP contribution is -2.58. The summed E-state index contributed by atoms with van der Waals surface area (Å²) in [6.07, 6.45) is 0. The maximum absolute atomic E-state index is 11.1. The Kier molecular flexibility index (Phi) is 3.70. The van der Waals surface area contributed by atoms with Crippen LogP contribution in [0.5, 0.6) is 0 Å². The molecule has 0 aliphatic heterocycles. The number of carboxylic acid groups (broad SMARTS) is 3. The molecule has 0 aromatic rings. The van der Waals surface area contributed by atoms with Crippen molar-refractivity contribution in [2.24, 2.45) is 16.7 Å². The Hall–Kier alpha value is -1.59. The highest BCUT2D eigenvalue weighted by Gasteiger charge is 2.65. The fourth-order valence-corrected chi connectivity index (χ4v) is 1.53. The van der Waals surface area contributed by atoms with Crippen molar-refractivity contribution in [3.05, 3.63) is 0 Å². The Morgan fingerprint density at radius 3 is 1.19 bits per heavy atom. The molecule has 92 valence electrons. The molecule has 0 rings (SSSR count). The van der Waals surface area contributed by atoms with Crippen LogP contribution in [0.1, 0.15) is 27.7 Å². The summed E-state index contributed by atoms with van der Waals surface area (Å²) in [5.74, 6) is -5.99. The van der Waals surface area contributed by atoms with Gasteiger partial charge >= 0.3 is 17.9 Å². The first-order valence-corrected chi connectivity index (χ1v) is 4.73. The van der Waals surface area contributed by atoms with E-state index in [1.165, 1.54) is 13.8 Å². The molecule has 0 unspecified atom stereocenters. The fourth-order valence-electron chi connectivity index (χ4n) is 1.53. The van der Waals surface area contributed by atoms with E-state index in [0.29, 0.717) is 0 Å². The average molecular weight is 232 g/mol. The minimum Gasteiger partial charge on any atom is -0.480 e. The van der Waals surface area contributed by atoms with E-state index in [1.807, 2.05) is 0 Å². The molecule has 0 bridgehead atoms. The molecule has 0 atom stereocenters. The Bertz CT molecular complexity index is 292. The summed E-state index contributed by atoms with van der Waals surface area (Å²) in [6.45, 7) is 5.83. The monoisotopic (exact) mass is 232 g/mol. The van der Waals surface area contributed by atoms with E-state index < -0.39 is 34.7 Å². The van der Waals surface area contributed by atoms with Gasteiger partial charge in [-0.25, -0.2) is 0 Å². The lowest BCUT2D eigenvalue weighted by atomic mass is 9.60. The second-order valence-electron chi connectivity index (χ2n) is 4.54. The number of hydrogen-bond acceptors (Lipinski definition) is 3. The topological polar surface area (TPSA) is 112 Å². The van der Waals surface area contributed by atoms with Crippen molar-refractivity contribution in [3.63, 3.8) is 0 Å². The normalized spacial score (nSPS) is 12.6. The molecular formula is C10H16O6. The van der Waals surface area contributed by atoms with Gasteiger partial charge in [-0.1, -0.05) is 27.7 Å². The van der Waals surface area contributed by atoms with Crippen LogP contribution in [0.3, 0.4) is 0 Å². The fraction of sp³-hybridized carbons (Fsp3) is 0.700. The van der Waals surface area contributed by atoms with Crippen LogP contribution in [0.25, 0.3) is 0 Å². The molecule has 16 heavy (non-hydrogen) atoms. The molecule has 6 nitrogen and oxygen atoms in total. The SMILES string of the molecule is CC(C)C(C)(C)C(C(=O)O)(C(=O)O)C(=O)O. The van der Waals surface area contributed by atoms with E-state index in [4.69, 9.17) is 15.3 Å². The number of carbonyl (C=O) groups is 3. The molecule has 0 amide bonds. The zero-order valence-electron chi connectivity index (χ0n) is 9.64. The summed E-state index contributed by atoms with van der Waals surface area (Å²) in [4.78, 5) is 33.3. The number of rotatable bonds is 5. The zero-order chi connectivity index (χ0) is 13.3. The van der Waals surface area contributed by atoms with Crippen LogP contribution >= 0.6 is 0 Å². The van der Waals surface area contributed by atoms with Crippen molar-refractivity contribution < 1.29 is 29.7 Å². The van der Waals surface area contributed by atoms with Crippen molar-refractivity contribution in [2.45, 2.75) is 27.7 Å². The molecule has 0 aromatic heterocycles. The summed E-state index contributed by atoms with van der Waals surface area (Å²) in [7, 11) is 0. The molecule has 0 radical (unpaired) electrons. The van der Waals surface area contributed by atoms with Gasteiger partial charge in [-0.3, -0.25) is 14.4 Å². The van der Waals surface area contributed by atoms with E-state index in [-0.39, 0.29) is 0 Å². The number of hydrogen-bond donors (Lipinski definition) is 3. The lowest BCUT2D eigenvalue weighted by molar-refractivity contribution is -0.188. The van der Waals surface area contributed by atoms with Gasteiger partial charge in [0.1, 0.15) is 0 Å². The molecule has 3 N–H and O–H groups in total. The third kappa shape index (κ3) is 1.64. The maximum atomic E-state index is 11.1. The van der Waals surface area contributed by atoms with Crippen LogP contribution in [0.15, 0.2) is 0 Å². The average Bonchev–Trinajstić information content (AvgIpc) is 2.00. The van der Waals surface area contributed by atoms with Gasteiger partial charge in [0.05, 0.1) is 0 Å². The smallest absolute Gasteiger partial charge is 0.333 e. The van der Waals surface area contributed by atoms with Gasteiger partial charge in [-0.2, -0.15) is 0 Å². The van der Waals surface area contributed by atoms with Gasteiger partial charge in [0, 0.05) is 5.41 Å². The minimum atomic E-state index is -2.83. The molecule has 0 heterocycles. The number of aliphatic carboxylic acids is 3. The van der Waals surface area contributed by atoms with Crippen molar-refractivity contribution in [1.29, 1.82) is 0 Å². The second-order valence-corrected chi connectivity index (χ2v) is 4.54. The molecule has 0 fully saturated rings. The summed E-state index contributed by atoms with van der Waals surface area (Å²) in [6, 6.07) is 0. The van der Waals surface area contributed by atoms with E-state index >= 15 is 0 Å². The highest BCUT2D eigenvalue weighted by atomic mass is 16.4. The van der Waals surface area contributed by atoms with E-state index in [9.17, 15) is 14.4 Å².